The molecule has 0 bridgehead atoms. The molecule has 0 aliphatic rings. The van der Waals surface area contributed by atoms with Crippen LogP contribution in [0.1, 0.15) is 25.0 Å². The van der Waals surface area contributed by atoms with Gasteiger partial charge >= 0.3 is 6.09 Å². The highest BCUT2D eigenvalue weighted by atomic mass is 32.2. The second-order valence-corrected chi connectivity index (χ2v) is 6.85. The maximum atomic E-state index is 12.0. The Labute approximate surface area is 119 Å². The van der Waals surface area contributed by atoms with E-state index in [1.165, 1.54) is 4.90 Å². The largest absolute Gasteiger partial charge is 0.415 e. The van der Waals surface area contributed by atoms with E-state index in [-0.39, 0.29) is 17.0 Å². The van der Waals surface area contributed by atoms with Crippen molar-refractivity contribution in [3.8, 4) is 5.75 Å². The van der Waals surface area contributed by atoms with E-state index in [4.69, 9.17) is 4.74 Å². The summed E-state index contributed by atoms with van der Waals surface area (Å²) in [4.78, 5) is 15.0. The van der Waals surface area contributed by atoms with Crippen LogP contribution >= 0.6 is 0 Å². The first-order valence-electron chi connectivity index (χ1n) is 6.56. The highest BCUT2D eigenvalue weighted by molar-refractivity contribution is 7.95. The van der Waals surface area contributed by atoms with Crippen molar-refractivity contribution in [1.82, 2.24) is 4.90 Å². The summed E-state index contributed by atoms with van der Waals surface area (Å²) in [6, 6.07) is 4.22. The van der Waals surface area contributed by atoms with Crippen molar-refractivity contribution < 1.29 is 9.53 Å². The number of hydrogen-bond donors (Lipinski definition) is 0. The highest BCUT2D eigenvalue weighted by Crippen LogP contribution is 2.27. The van der Waals surface area contributed by atoms with Gasteiger partial charge in [-0.2, -0.15) is 0 Å². The molecule has 1 aromatic rings. The molecule has 0 unspecified atom stereocenters. The van der Waals surface area contributed by atoms with E-state index in [0.29, 0.717) is 18.8 Å². The number of ether oxygens (including phenoxy) is 1. The number of carbonyl (C=O) groups is 1. The Morgan fingerprint density at radius 2 is 1.63 bits per heavy atom. The molecule has 0 atom stereocenters. The lowest BCUT2D eigenvalue weighted by atomic mass is 10.1. The Kier molecular flexibility index (Phi) is 5.73. The van der Waals surface area contributed by atoms with Gasteiger partial charge in [0.05, 0.1) is 0 Å². The van der Waals surface area contributed by atoms with E-state index in [2.05, 4.69) is 24.6 Å². The number of nitrogens with zero attached hydrogens (tertiary/aromatic N) is 1. The highest BCUT2D eigenvalue weighted by Gasteiger charge is 2.18. The molecule has 19 heavy (non-hydrogen) atoms. The summed E-state index contributed by atoms with van der Waals surface area (Å²) in [5.74, 6) is 0.700. The van der Waals surface area contributed by atoms with Crippen LogP contribution in [0.25, 0.3) is 0 Å². The third-order valence-corrected chi connectivity index (χ3v) is 4.29. The van der Waals surface area contributed by atoms with Crippen molar-refractivity contribution in [2.75, 3.05) is 25.6 Å². The van der Waals surface area contributed by atoms with Gasteiger partial charge in [-0.15, -0.1) is 0 Å². The van der Waals surface area contributed by atoms with Crippen LogP contribution in [0.3, 0.4) is 0 Å². The van der Waals surface area contributed by atoms with Crippen molar-refractivity contribution in [2.45, 2.75) is 32.6 Å². The van der Waals surface area contributed by atoms with Crippen LogP contribution in [-0.4, -0.2) is 36.6 Å². The van der Waals surface area contributed by atoms with Crippen molar-refractivity contribution in [3.63, 3.8) is 0 Å². The number of aryl methyl sites for hydroxylation is 2. The van der Waals surface area contributed by atoms with Gasteiger partial charge in [0.1, 0.15) is 18.3 Å². The van der Waals surface area contributed by atoms with Crippen molar-refractivity contribution in [1.29, 1.82) is 0 Å². The first-order valence-corrected chi connectivity index (χ1v) is 8.60. The average molecular weight is 282 g/mol. The normalized spacial score (nSPS) is 10.7. The Bertz CT molecular complexity index is 430. The topological polar surface area (TPSA) is 29.5 Å². The van der Waals surface area contributed by atoms with Crippen LogP contribution in [0.15, 0.2) is 17.0 Å². The minimum atomic E-state index is -0.268. The van der Waals surface area contributed by atoms with Gasteiger partial charge < -0.3 is 9.64 Å². The van der Waals surface area contributed by atoms with E-state index in [1.54, 1.807) is 4.90 Å². The number of hydrogen-bond acceptors (Lipinski definition) is 2. The maximum Gasteiger partial charge on any atom is 0.415 e. The molecule has 0 radical (unpaired) electrons. The van der Waals surface area contributed by atoms with Gasteiger partial charge in [-0.05, 0) is 51.0 Å². The maximum absolute atomic E-state index is 12.0. The van der Waals surface area contributed by atoms with Crippen molar-refractivity contribution >= 4 is 17.0 Å². The number of amides is 1. The van der Waals surface area contributed by atoms with Crippen LogP contribution in [0.2, 0.25) is 0 Å². The van der Waals surface area contributed by atoms with Crippen LogP contribution < -0.4 is 4.74 Å². The molecule has 0 saturated heterocycles. The molecular weight excluding hydrogens is 258 g/mol. The third-order valence-electron chi connectivity index (χ3n) is 3.12. The Morgan fingerprint density at radius 1 is 1.16 bits per heavy atom. The summed E-state index contributed by atoms with van der Waals surface area (Å²) >= 11 is 0. The zero-order valence-corrected chi connectivity index (χ0v) is 13.6. The SMILES string of the molecule is CCN(CC)C(=O)Oc1c(C)cc([S+](C)C)cc1C. The fourth-order valence-electron chi connectivity index (χ4n) is 1.94. The summed E-state index contributed by atoms with van der Waals surface area (Å²) in [5, 5.41) is 0. The molecular formula is C15H24NO2S+. The second kappa shape index (κ2) is 6.85. The van der Waals surface area contributed by atoms with Crippen LogP contribution in [0, 0.1) is 13.8 Å². The smallest absolute Gasteiger partial charge is 0.410 e. The van der Waals surface area contributed by atoms with E-state index in [1.807, 2.05) is 27.7 Å². The Balaban J connectivity index is 2.99. The number of rotatable bonds is 4. The summed E-state index contributed by atoms with van der Waals surface area (Å²) < 4.78 is 5.54. The molecule has 4 heteroatoms. The van der Waals surface area contributed by atoms with E-state index in [9.17, 15) is 4.79 Å². The van der Waals surface area contributed by atoms with Crippen molar-refractivity contribution in [3.05, 3.63) is 23.3 Å². The molecule has 106 valence electrons. The molecule has 1 amide bonds. The third kappa shape index (κ3) is 3.90. The van der Waals surface area contributed by atoms with Crippen LogP contribution in [-0.2, 0) is 10.9 Å². The molecule has 3 nitrogen and oxygen atoms in total. The Hall–Kier alpha value is -1.16. The molecule has 0 heterocycles. The zero-order chi connectivity index (χ0) is 14.6. The quantitative estimate of drug-likeness (QED) is 0.792. The summed E-state index contributed by atoms with van der Waals surface area (Å²) in [5.41, 5.74) is 2.05. The summed E-state index contributed by atoms with van der Waals surface area (Å²) in [6.07, 6.45) is 4.11. The number of carbonyl (C=O) groups excluding carboxylic acids is 1. The molecule has 0 aliphatic heterocycles. The molecule has 0 aromatic heterocycles. The zero-order valence-electron chi connectivity index (χ0n) is 12.7. The van der Waals surface area contributed by atoms with Gasteiger partial charge in [0.2, 0.25) is 0 Å². The molecule has 0 aliphatic carbocycles. The first-order chi connectivity index (χ1) is 8.90. The van der Waals surface area contributed by atoms with Crippen LogP contribution in [0.4, 0.5) is 4.79 Å². The molecule has 0 N–H and O–H groups in total. The van der Waals surface area contributed by atoms with Crippen molar-refractivity contribution in [2.24, 2.45) is 0 Å². The average Bonchev–Trinajstić information content (AvgIpc) is 2.34. The first kappa shape index (κ1) is 15.9. The number of benzene rings is 1. The molecule has 1 rings (SSSR count). The van der Waals surface area contributed by atoms with E-state index in [0.717, 1.165) is 11.1 Å². The molecule has 1 aromatic carbocycles. The lowest BCUT2D eigenvalue weighted by Crippen LogP contribution is -2.33. The fourth-order valence-corrected chi connectivity index (χ4v) is 2.77. The monoisotopic (exact) mass is 282 g/mol. The standard InChI is InChI=1S/C15H24NO2S/c1-7-16(8-2)15(17)18-14-11(3)9-13(19(5)6)10-12(14)4/h9-10H,7-8H2,1-6H3/q+1. The van der Waals surface area contributed by atoms with Gasteiger partial charge in [-0.3, -0.25) is 0 Å². The minimum Gasteiger partial charge on any atom is -0.410 e. The predicted molar refractivity (Wildman–Crippen MR) is 82.3 cm³/mol. The van der Waals surface area contributed by atoms with Gasteiger partial charge in [-0.1, -0.05) is 0 Å². The second-order valence-electron chi connectivity index (χ2n) is 4.74. The Morgan fingerprint density at radius 3 is 2.00 bits per heavy atom. The van der Waals surface area contributed by atoms with Gasteiger partial charge in [0.25, 0.3) is 0 Å². The molecule has 0 fully saturated rings. The fraction of sp³-hybridized carbons (Fsp3) is 0.533. The van der Waals surface area contributed by atoms with Gasteiger partial charge in [-0.25, -0.2) is 4.79 Å². The summed E-state index contributed by atoms with van der Waals surface area (Å²) in [7, 11) is 0.217. The minimum absolute atomic E-state index is 0.217. The van der Waals surface area contributed by atoms with E-state index >= 15 is 0 Å². The molecule has 0 spiro atoms. The summed E-state index contributed by atoms with van der Waals surface area (Å²) in [6.45, 7) is 9.22. The molecule has 0 saturated carbocycles. The van der Waals surface area contributed by atoms with E-state index < -0.39 is 0 Å². The lowest BCUT2D eigenvalue weighted by Gasteiger charge is -2.19. The van der Waals surface area contributed by atoms with Gasteiger partial charge in [0, 0.05) is 24.0 Å². The lowest BCUT2D eigenvalue weighted by molar-refractivity contribution is 0.156. The predicted octanol–water partition coefficient (Wildman–Crippen LogP) is 3.38. The van der Waals surface area contributed by atoms with Gasteiger partial charge in [0.15, 0.2) is 4.90 Å². The van der Waals surface area contributed by atoms with Crippen LogP contribution in [0.5, 0.6) is 5.75 Å².